The summed E-state index contributed by atoms with van der Waals surface area (Å²) in [6.45, 7) is -0.159. The lowest BCUT2D eigenvalue weighted by Gasteiger charge is -2.13. The summed E-state index contributed by atoms with van der Waals surface area (Å²) in [6, 6.07) is 13.7. The lowest BCUT2D eigenvalue weighted by Crippen LogP contribution is -2.41. The van der Waals surface area contributed by atoms with Crippen molar-refractivity contribution in [3.05, 3.63) is 104 Å². The van der Waals surface area contributed by atoms with Gasteiger partial charge in [0, 0.05) is 28.6 Å². The van der Waals surface area contributed by atoms with Gasteiger partial charge < -0.3 is 0 Å². The molecule has 4 aromatic rings. The van der Waals surface area contributed by atoms with E-state index in [1.807, 2.05) is 6.07 Å². The van der Waals surface area contributed by atoms with Crippen LogP contribution in [0.4, 0.5) is 0 Å². The fourth-order valence-electron chi connectivity index (χ4n) is 3.11. The molecule has 29 heavy (non-hydrogen) atoms. The number of fused-ring (bicyclic) bond motifs is 1. The third-order valence-electron chi connectivity index (χ3n) is 4.50. The molecule has 0 bridgehead atoms. The zero-order chi connectivity index (χ0) is 20.4. The van der Waals surface area contributed by atoms with Crippen molar-refractivity contribution in [3.8, 4) is 0 Å². The molecule has 144 valence electrons. The average molecular weight is 451 g/mol. The SMILES string of the molecule is O=C(Cn1c(=O)n(Cc2cccnc2)c(=O)c2ncccc21)c1cccc(Br)c1. The molecule has 7 nitrogen and oxygen atoms in total. The van der Waals surface area contributed by atoms with Gasteiger partial charge in [-0.05, 0) is 35.9 Å². The molecular formula is C21H15BrN4O3. The highest BCUT2D eigenvalue weighted by molar-refractivity contribution is 9.10. The topological polar surface area (TPSA) is 86.9 Å². The van der Waals surface area contributed by atoms with Gasteiger partial charge in [0.2, 0.25) is 0 Å². The summed E-state index contributed by atoms with van der Waals surface area (Å²) in [7, 11) is 0. The number of halogens is 1. The minimum absolute atomic E-state index is 0.0447. The van der Waals surface area contributed by atoms with E-state index in [1.54, 1.807) is 54.9 Å². The first-order valence-corrected chi connectivity index (χ1v) is 9.60. The molecule has 0 radical (unpaired) electrons. The van der Waals surface area contributed by atoms with Crippen molar-refractivity contribution in [3.63, 3.8) is 0 Å². The summed E-state index contributed by atoms with van der Waals surface area (Å²) in [5, 5.41) is 0. The number of benzene rings is 1. The molecule has 4 rings (SSSR count). The molecule has 0 aliphatic heterocycles. The maximum Gasteiger partial charge on any atom is 0.332 e. The summed E-state index contributed by atoms with van der Waals surface area (Å²) in [5.74, 6) is -0.245. The Morgan fingerprint density at radius 3 is 2.59 bits per heavy atom. The molecule has 1 aromatic carbocycles. The van der Waals surface area contributed by atoms with Crippen molar-refractivity contribution in [2.75, 3.05) is 0 Å². The normalized spacial score (nSPS) is 10.9. The van der Waals surface area contributed by atoms with Crippen molar-refractivity contribution in [2.24, 2.45) is 0 Å². The number of rotatable bonds is 5. The molecule has 0 aliphatic carbocycles. The third kappa shape index (κ3) is 3.79. The maximum atomic E-state index is 13.2. The zero-order valence-corrected chi connectivity index (χ0v) is 16.7. The van der Waals surface area contributed by atoms with E-state index >= 15 is 0 Å². The number of pyridine rings is 2. The summed E-state index contributed by atoms with van der Waals surface area (Å²) in [5.41, 5.74) is 0.565. The molecule has 0 atom stereocenters. The quantitative estimate of drug-likeness (QED) is 0.436. The second-order valence-corrected chi connectivity index (χ2v) is 7.34. The fourth-order valence-corrected chi connectivity index (χ4v) is 3.51. The van der Waals surface area contributed by atoms with Crippen LogP contribution in [-0.4, -0.2) is 24.9 Å². The fraction of sp³-hybridized carbons (Fsp3) is 0.0952. The first-order valence-electron chi connectivity index (χ1n) is 8.80. The van der Waals surface area contributed by atoms with E-state index in [-0.39, 0.29) is 24.4 Å². The standard InChI is InChI=1S/C21H15BrN4O3/c22-16-6-1-5-15(10-16)18(27)13-25-17-7-3-9-24-19(17)20(28)26(21(25)29)12-14-4-2-8-23-11-14/h1-11H,12-13H2. The van der Waals surface area contributed by atoms with Crippen LogP contribution in [0.5, 0.6) is 0 Å². The second kappa shape index (κ2) is 7.92. The molecule has 0 aliphatic rings. The van der Waals surface area contributed by atoms with E-state index in [4.69, 9.17) is 0 Å². The lowest BCUT2D eigenvalue weighted by molar-refractivity contribution is 0.0971. The largest absolute Gasteiger partial charge is 0.332 e. The Hall–Kier alpha value is -3.39. The van der Waals surface area contributed by atoms with Crippen molar-refractivity contribution >= 4 is 32.7 Å². The zero-order valence-electron chi connectivity index (χ0n) is 15.2. The number of ketones is 1. The number of carbonyl (C=O) groups is 1. The van der Waals surface area contributed by atoms with E-state index in [9.17, 15) is 14.4 Å². The van der Waals surface area contributed by atoms with Gasteiger partial charge in [0.25, 0.3) is 5.56 Å². The smallest absolute Gasteiger partial charge is 0.292 e. The Bertz CT molecular complexity index is 1330. The van der Waals surface area contributed by atoms with Gasteiger partial charge in [-0.25, -0.2) is 9.78 Å². The molecule has 3 aromatic heterocycles. The summed E-state index contributed by atoms with van der Waals surface area (Å²) >= 11 is 3.35. The van der Waals surface area contributed by atoms with Gasteiger partial charge in [-0.15, -0.1) is 0 Å². The molecule has 0 unspecified atom stereocenters. The van der Waals surface area contributed by atoms with Crippen LogP contribution in [0.3, 0.4) is 0 Å². The molecule has 0 amide bonds. The highest BCUT2D eigenvalue weighted by atomic mass is 79.9. The van der Waals surface area contributed by atoms with Crippen molar-refractivity contribution in [1.29, 1.82) is 0 Å². The average Bonchev–Trinajstić information content (AvgIpc) is 2.75. The van der Waals surface area contributed by atoms with Crippen LogP contribution in [0.2, 0.25) is 0 Å². The predicted molar refractivity (Wildman–Crippen MR) is 112 cm³/mol. The Balaban J connectivity index is 1.85. The van der Waals surface area contributed by atoms with Gasteiger partial charge in [0.05, 0.1) is 18.6 Å². The van der Waals surface area contributed by atoms with Crippen molar-refractivity contribution in [1.82, 2.24) is 19.1 Å². The number of aromatic nitrogens is 4. The van der Waals surface area contributed by atoms with Crippen LogP contribution in [-0.2, 0) is 13.1 Å². The minimum atomic E-state index is -0.567. The van der Waals surface area contributed by atoms with E-state index in [0.29, 0.717) is 16.6 Å². The van der Waals surface area contributed by atoms with Gasteiger partial charge >= 0.3 is 5.69 Å². The van der Waals surface area contributed by atoms with Gasteiger partial charge in [0.15, 0.2) is 11.3 Å². The Morgan fingerprint density at radius 2 is 1.83 bits per heavy atom. The number of carbonyl (C=O) groups excluding carboxylic acids is 1. The van der Waals surface area contributed by atoms with E-state index in [2.05, 4.69) is 25.9 Å². The molecule has 0 N–H and O–H groups in total. The third-order valence-corrected chi connectivity index (χ3v) is 4.99. The highest BCUT2D eigenvalue weighted by Gasteiger charge is 2.17. The van der Waals surface area contributed by atoms with Crippen LogP contribution in [0, 0.1) is 0 Å². The molecule has 0 saturated heterocycles. The monoisotopic (exact) mass is 450 g/mol. The number of nitrogens with zero attached hydrogens (tertiary/aromatic N) is 4. The van der Waals surface area contributed by atoms with Crippen molar-refractivity contribution < 1.29 is 4.79 Å². The number of hydrogen-bond acceptors (Lipinski definition) is 5. The van der Waals surface area contributed by atoms with E-state index < -0.39 is 11.2 Å². The van der Waals surface area contributed by atoms with Gasteiger partial charge in [-0.3, -0.25) is 23.7 Å². The highest BCUT2D eigenvalue weighted by Crippen LogP contribution is 2.13. The van der Waals surface area contributed by atoms with Crippen LogP contribution >= 0.6 is 15.9 Å². The summed E-state index contributed by atoms with van der Waals surface area (Å²) in [4.78, 5) is 47.0. The first kappa shape index (κ1) is 18.9. The molecule has 0 fully saturated rings. The van der Waals surface area contributed by atoms with Crippen LogP contribution < -0.4 is 11.2 Å². The lowest BCUT2D eigenvalue weighted by atomic mass is 10.1. The van der Waals surface area contributed by atoms with Gasteiger partial charge in [-0.1, -0.05) is 34.1 Å². The summed E-state index contributed by atoms with van der Waals surface area (Å²) < 4.78 is 3.15. The Morgan fingerprint density at radius 1 is 1.00 bits per heavy atom. The second-order valence-electron chi connectivity index (χ2n) is 6.43. The van der Waals surface area contributed by atoms with Gasteiger partial charge in [-0.2, -0.15) is 0 Å². The van der Waals surface area contributed by atoms with Crippen LogP contribution in [0.1, 0.15) is 15.9 Å². The molecular weight excluding hydrogens is 436 g/mol. The predicted octanol–water partition coefficient (Wildman–Crippen LogP) is 2.65. The summed E-state index contributed by atoms with van der Waals surface area (Å²) in [6.07, 6.45) is 4.69. The van der Waals surface area contributed by atoms with E-state index in [1.165, 1.54) is 10.8 Å². The molecule has 0 saturated carbocycles. The van der Waals surface area contributed by atoms with Gasteiger partial charge in [0.1, 0.15) is 0 Å². The maximum absolute atomic E-state index is 13.2. The molecule has 0 spiro atoms. The molecule has 8 heteroatoms. The minimum Gasteiger partial charge on any atom is -0.292 e. The number of Topliss-reactive ketones (excluding diaryl/α,β-unsaturated/α-hetero) is 1. The van der Waals surface area contributed by atoms with Crippen LogP contribution in [0.25, 0.3) is 11.0 Å². The molecule has 3 heterocycles. The van der Waals surface area contributed by atoms with Crippen LogP contribution in [0.15, 0.2) is 81.2 Å². The number of hydrogen-bond donors (Lipinski definition) is 0. The van der Waals surface area contributed by atoms with E-state index in [0.717, 1.165) is 9.04 Å². The Labute approximate surface area is 173 Å². The van der Waals surface area contributed by atoms with Crippen molar-refractivity contribution in [2.45, 2.75) is 13.1 Å². The first-order chi connectivity index (χ1) is 14.0. The Kier molecular flexibility index (Phi) is 5.18.